The Kier molecular flexibility index (Phi) is 4.99. The summed E-state index contributed by atoms with van der Waals surface area (Å²) in [7, 11) is 4.99. The van der Waals surface area contributed by atoms with Crippen LogP contribution in [0.5, 0.6) is 11.5 Å². The maximum Gasteiger partial charge on any atom is 0.231 e. The van der Waals surface area contributed by atoms with E-state index in [2.05, 4.69) is 15.4 Å². The van der Waals surface area contributed by atoms with Gasteiger partial charge >= 0.3 is 0 Å². The number of anilines is 1. The van der Waals surface area contributed by atoms with Crippen molar-refractivity contribution in [1.82, 2.24) is 14.8 Å². The lowest BCUT2D eigenvalue weighted by Gasteiger charge is -2.08. The lowest BCUT2D eigenvalue weighted by atomic mass is 10.2. The zero-order chi connectivity index (χ0) is 17.8. The highest BCUT2D eigenvalue weighted by Gasteiger charge is 2.12. The molecule has 0 bridgehead atoms. The van der Waals surface area contributed by atoms with Crippen molar-refractivity contribution in [2.45, 2.75) is 6.42 Å². The minimum atomic E-state index is -0.150. The molecule has 3 rings (SSSR count). The molecule has 1 amide bonds. The summed E-state index contributed by atoms with van der Waals surface area (Å²) < 4.78 is 12.2. The van der Waals surface area contributed by atoms with Crippen LogP contribution in [-0.4, -0.2) is 34.9 Å². The zero-order valence-corrected chi connectivity index (χ0v) is 15.0. The fourth-order valence-electron chi connectivity index (χ4n) is 2.32. The second-order valence-electron chi connectivity index (χ2n) is 5.31. The molecule has 0 saturated heterocycles. The van der Waals surface area contributed by atoms with Crippen molar-refractivity contribution >= 4 is 23.1 Å². The molecule has 1 aromatic carbocycles. The predicted molar refractivity (Wildman–Crippen MR) is 96.2 cm³/mol. The van der Waals surface area contributed by atoms with Crippen molar-refractivity contribution < 1.29 is 14.3 Å². The molecule has 25 heavy (non-hydrogen) atoms. The first-order valence-electron chi connectivity index (χ1n) is 7.55. The van der Waals surface area contributed by atoms with Gasteiger partial charge in [0, 0.05) is 30.3 Å². The predicted octanol–water partition coefficient (Wildman–Crippen LogP) is 2.74. The molecule has 0 atom stereocenters. The molecule has 2 aromatic heterocycles. The molecule has 0 radical (unpaired) electrons. The van der Waals surface area contributed by atoms with Crippen LogP contribution in [0, 0.1) is 0 Å². The number of carbonyl (C=O) groups is 1. The number of carbonyl (C=O) groups excluding carboxylic acids is 1. The van der Waals surface area contributed by atoms with Crippen LogP contribution >= 0.6 is 11.3 Å². The second-order valence-corrected chi connectivity index (χ2v) is 6.17. The quantitative estimate of drug-likeness (QED) is 0.733. The highest BCUT2D eigenvalue weighted by Crippen LogP contribution is 2.33. The molecule has 0 aliphatic rings. The van der Waals surface area contributed by atoms with E-state index in [0.29, 0.717) is 23.0 Å². The van der Waals surface area contributed by atoms with Gasteiger partial charge in [-0.25, -0.2) is 4.98 Å². The summed E-state index contributed by atoms with van der Waals surface area (Å²) in [5.74, 6) is 1.69. The molecule has 2 heterocycles. The molecular weight excluding hydrogens is 340 g/mol. The Hall–Kier alpha value is -2.87. The van der Waals surface area contributed by atoms with Gasteiger partial charge in [0.1, 0.15) is 5.01 Å². The van der Waals surface area contributed by atoms with E-state index in [4.69, 9.17) is 9.47 Å². The number of benzene rings is 1. The Morgan fingerprint density at radius 1 is 1.24 bits per heavy atom. The minimum absolute atomic E-state index is 0.150. The van der Waals surface area contributed by atoms with Gasteiger partial charge in [0.15, 0.2) is 17.3 Å². The van der Waals surface area contributed by atoms with Gasteiger partial charge in [-0.15, -0.1) is 11.3 Å². The highest BCUT2D eigenvalue weighted by molar-refractivity contribution is 7.13. The van der Waals surface area contributed by atoms with Crippen LogP contribution < -0.4 is 14.8 Å². The highest BCUT2D eigenvalue weighted by atomic mass is 32.1. The average Bonchev–Trinajstić information content (AvgIpc) is 3.23. The molecule has 0 fully saturated rings. The van der Waals surface area contributed by atoms with Gasteiger partial charge in [0.25, 0.3) is 0 Å². The Bertz CT molecular complexity index is 888. The molecule has 7 nitrogen and oxygen atoms in total. The van der Waals surface area contributed by atoms with Crippen molar-refractivity contribution in [3.8, 4) is 22.1 Å². The van der Waals surface area contributed by atoms with E-state index in [0.717, 1.165) is 10.6 Å². The number of nitrogens with one attached hydrogen (secondary N) is 1. The van der Waals surface area contributed by atoms with Crippen molar-refractivity contribution in [2.75, 3.05) is 19.5 Å². The smallest absolute Gasteiger partial charge is 0.231 e. The van der Waals surface area contributed by atoms with Gasteiger partial charge in [0.2, 0.25) is 5.91 Å². The van der Waals surface area contributed by atoms with Crippen LogP contribution in [0.25, 0.3) is 10.6 Å². The summed E-state index contributed by atoms with van der Waals surface area (Å²) in [6.45, 7) is 0. The van der Waals surface area contributed by atoms with E-state index < -0.39 is 0 Å². The molecule has 0 unspecified atom stereocenters. The Morgan fingerprint density at radius 3 is 2.72 bits per heavy atom. The van der Waals surface area contributed by atoms with Crippen molar-refractivity contribution in [3.05, 3.63) is 41.5 Å². The monoisotopic (exact) mass is 358 g/mol. The zero-order valence-electron chi connectivity index (χ0n) is 14.1. The maximum atomic E-state index is 12.1. The van der Waals surface area contributed by atoms with Crippen LogP contribution in [0.15, 0.2) is 35.8 Å². The average molecular weight is 358 g/mol. The van der Waals surface area contributed by atoms with Gasteiger partial charge < -0.3 is 14.8 Å². The van der Waals surface area contributed by atoms with Gasteiger partial charge in [-0.2, -0.15) is 5.10 Å². The van der Waals surface area contributed by atoms with Crippen LogP contribution in [0.3, 0.4) is 0 Å². The Morgan fingerprint density at radius 2 is 2.04 bits per heavy atom. The number of methoxy groups -OCH3 is 2. The summed E-state index contributed by atoms with van der Waals surface area (Å²) in [4.78, 5) is 16.6. The first-order valence-corrected chi connectivity index (χ1v) is 8.43. The summed E-state index contributed by atoms with van der Waals surface area (Å²) in [5, 5.41) is 9.57. The van der Waals surface area contributed by atoms with E-state index in [-0.39, 0.29) is 12.3 Å². The number of amides is 1. The molecule has 0 saturated carbocycles. The third kappa shape index (κ3) is 3.97. The third-order valence-electron chi connectivity index (χ3n) is 3.51. The van der Waals surface area contributed by atoms with Crippen molar-refractivity contribution in [1.29, 1.82) is 0 Å². The van der Waals surface area contributed by atoms with Crippen molar-refractivity contribution in [2.24, 2.45) is 7.05 Å². The van der Waals surface area contributed by atoms with Crippen LogP contribution in [-0.2, 0) is 18.3 Å². The first-order chi connectivity index (χ1) is 12.1. The topological polar surface area (TPSA) is 78.3 Å². The Balaban J connectivity index is 1.70. The molecule has 3 aromatic rings. The molecule has 0 aliphatic heterocycles. The molecule has 0 aliphatic carbocycles. The number of nitrogens with zero attached hydrogens (tertiary/aromatic N) is 3. The van der Waals surface area contributed by atoms with Gasteiger partial charge in [-0.1, -0.05) is 0 Å². The summed E-state index contributed by atoms with van der Waals surface area (Å²) in [6, 6.07) is 7.37. The van der Waals surface area contributed by atoms with Crippen LogP contribution in [0.1, 0.15) is 5.69 Å². The van der Waals surface area contributed by atoms with E-state index in [9.17, 15) is 4.79 Å². The number of hydrogen-bond donors (Lipinski definition) is 1. The van der Waals surface area contributed by atoms with Crippen molar-refractivity contribution in [3.63, 3.8) is 0 Å². The van der Waals surface area contributed by atoms with Crippen LogP contribution in [0.2, 0.25) is 0 Å². The van der Waals surface area contributed by atoms with E-state index in [1.807, 2.05) is 23.6 Å². The molecule has 1 N–H and O–H groups in total. The first kappa shape index (κ1) is 17.0. The number of hydrogen-bond acceptors (Lipinski definition) is 6. The van der Waals surface area contributed by atoms with Crippen LogP contribution in [0.4, 0.5) is 5.82 Å². The Labute approximate surface area is 149 Å². The van der Waals surface area contributed by atoms with Gasteiger partial charge in [-0.3, -0.25) is 9.48 Å². The lowest BCUT2D eigenvalue weighted by Crippen LogP contribution is -2.15. The normalized spacial score (nSPS) is 10.5. The van der Waals surface area contributed by atoms with Gasteiger partial charge in [-0.05, 0) is 18.2 Å². The summed E-state index contributed by atoms with van der Waals surface area (Å²) >= 11 is 1.48. The number of aromatic nitrogens is 3. The number of rotatable bonds is 6. The number of thiazole rings is 1. The van der Waals surface area contributed by atoms with Gasteiger partial charge in [0.05, 0.1) is 26.3 Å². The molecule has 0 spiro atoms. The standard InChI is InChI=1S/C17H18N4O3S/c1-21-7-6-15(20-21)19-16(22)9-12-10-25-17(18-12)11-4-5-13(23-2)14(8-11)24-3/h4-8,10H,9H2,1-3H3,(H,19,20,22). The third-order valence-corrected chi connectivity index (χ3v) is 4.45. The number of aryl methyl sites for hydroxylation is 1. The fourth-order valence-corrected chi connectivity index (χ4v) is 3.14. The second kappa shape index (κ2) is 7.35. The summed E-state index contributed by atoms with van der Waals surface area (Å²) in [6.07, 6.45) is 1.97. The minimum Gasteiger partial charge on any atom is -0.493 e. The molecular formula is C17H18N4O3S. The number of ether oxygens (including phenoxy) is 2. The fraction of sp³-hybridized carbons (Fsp3) is 0.235. The van der Waals surface area contributed by atoms with E-state index >= 15 is 0 Å². The lowest BCUT2D eigenvalue weighted by molar-refractivity contribution is -0.115. The largest absolute Gasteiger partial charge is 0.493 e. The van der Waals surface area contributed by atoms with E-state index in [1.165, 1.54) is 11.3 Å². The SMILES string of the molecule is COc1ccc(-c2nc(CC(=O)Nc3ccn(C)n3)cs2)cc1OC. The maximum absolute atomic E-state index is 12.1. The van der Waals surface area contributed by atoms with E-state index in [1.54, 1.807) is 38.2 Å². The molecule has 130 valence electrons. The molecule has 8 heteroatoms. The summed E-state index contributed by atoms with van der Waals surface area (Å²) in [5.41, 5.74) is 1.63.